The maximum absolute atomic E-state index is 14.5. The van der Waals surface area contributed by atoms with Gasteiger partial charge in [0.05, 0.1) is 36.5 Å². The number of hydrogen-bond donors (Lipinski definition) is 4. The number of aryl methyl sites for hydroxylation is 1. The Morgan fingerprint density at radius 2 is 1.79 bits per heavy atom. The predicted octanol–water partition coefficient (Wildman–Crippen LogP) is 4.33. The molecular formula is C41H49F2N5O5. The third kappa shape index (κ3) is 9.84. The number of likely N-dealkylation sites (tertiary alicyclic amines) is 1. The maximum Gasteiger partial charge on any atom is 0.249 e. The van der Waals surface area contributed by atoms with Crippen LogP contribution in [-0.2, 0) is 38.6 Å². The van der Waals surface area contributed by atoms with Crippen LogP contribution < -0.4 is 16.0 Å². The molecule has 3 aromatic carbocycles. The summed E-state index contributed by atoms with van der Waals surface area (Å²) in [6, 6.07) is 19.4. The number of amides is 3. The Balaban J connectivity index is 1.38. The largest absolute Gasteiger partial charge is 0.389 e. The molecule has 1 unspecified atom stereocenters. The highest BCUT2D eigenvalue weighted by molar-refractivity contribution is 5.96. The van der Waals surface area contributed by atoms with Crippen LogP contribution in [0.3, 0.4) is 0 Å². The van der Waals surface area contributed by atoms with Gasteiger partial charge < -0.3 is 30.7 Å². The number of aliphatic hydroxyl groups is 1. The van der Waals surface area contributed by atoms with Gasteiger partial charge in [-0.15, -0.1) is 0 Å². The molecule has 3 amide bonds. The lowest BCUT2D eigenvalue weighted by Crippen LogP contribution is -2.61. The van der Waals surface area contributed by atoms with Gasteiger partial charge in [-0.25, -0.2) is 8.78 Å². The fourth-order valence-electron chi connectivity index (χ4n) is 7.66. The summed E-state index contributed by atoms with van der Waals surface area (Å²) in [6.45, 7) is 6.15. The van der Waals surface area contributed by atoms with Gasteiger partial charge in [-0.3, -0.25) is 14.4 Å². The average molecular weight is 730 g/mol. The highest BCUT2D eigenvalue weighted by Crippen LogP contribution is 2.35. The van der Waals surface area contributed by atoms with Crippen LogP contribution in [0.4, 0.5) is 8.78 Å². The SMILES string of the molecule is CCC(C)[C@@]1(NC(C)=O)CCN([C@H](CCc2ccccc2)C(=O)N[C@@H](Cc2cc(F)cc(F)c2)[C@H](O)[C@H]2C[C@@H](OCc3cccc(C#N)c3)CN2)C1=O. The lowest BCUT2D eigenvalue weighted by atomic mass is 9.81. The number of halogens is 2. The molecule has 0 bridgehead atoms. The van der Waals surface area contributed by atoms with Crippen molar-refractivity contribution in [2.24, 2.45) is 5.92 Å². The summed E-state index contributed by atoms with van der Waals surface area (Å²) >= 11 is 0. The van der Waals surface area contributed by atoms with Crippen molar-refractivity contribution in [1.29, 1.82) is 5.26 Å². The monoisotopic (exact) mass is 729 g/mol. The minimum absolute atomic E-state index is 0.0890. The number of aliphatic hydroxyl groups excluding tert-OH is 1. The van der Waals surface area contributed by atoms with E-state index in [1.54, 1.807) is 18.2 Å². The van der Waals surface area contributed by atoms with E-state index in [1.165, 1.54) is 24.0 Å². The summed E-state index contributed by atoms with van der Waals surface area (Å²) in [7, 11) is 0. The molecule has 282 valence electrons. The topological polar surface area (TPSA) is 144 Å². The Labute approximate surface area is 309 Å². The number of nitrogens with zero attached hydrogens (tertiary/aromatic N) is 2. The van der Waals surface area contributed by atoms with Crippen LogP contribution >= 0.6 is 0 Å². The second kappa shape index (κ2) is 17.9. The van der Waals surface area contributed by atoms with Crippen molar-refractivity contribution in [3.8, 4) is 6.07 Å². The Kier molecular flexibility index (Phi) is 13.3. The van der Waals surface area contributed by atoms with Gasteiger partial charge in [0.1, 0.15) is 23.2 Å². The Morgan fingerprint density at radius 3 is 2.47 bits per heavy atom. The first kappa shape index (κ1) is 39.5. The van der Waals surface area contributed by atoms with Crippen molar-refractivity contribution in [2.75, 3.05) is 13.1 Å². The van der Waals surface area contributed by atoms with Gasteiger partial charge in [0.2, 0.25) is 17.7 Å². The summed E-state index contributed by atoms with van der Waals surface area (Å²) in [5, 5.41) is 30.3. The molecule has 0 saturated carbocycles. The number of rotatable bonds is 16. The van der Waals surface area contributed by atoms with Crippen LogP contribution in [0.2, 0.25) is 0 Å². The van der Waals surface area contributed by atoms with Crippen molar-refractivity contribution in [1.82, 2.24) is 20.9 Å². The van der Waals surface area contributed by atoms with Crippen LogP contribution in [0.1, 0.15) is 68.7 Å². The molecule has 2 saturated heterocycles. The zero-order valence-corrected chi connectivity index (χ0v) is 30.5. The molecule has 10 nitrogen and oxygen atoms in total. The van der Waals surface area contributed by atoms with Crippen molar-refractivity contribution >= 4 is 17.7 Å². The smallest absolute Gasteiger partial charge is 0.249 e. The third-order valence-corrected chi connectivity index (χ3v) is 10.7. The van der Waals surface area contributed by atoms with Gasteiger partial charge in [0.25, 0.3) is 0 Å². The van der Waals surface area contributed by atoms with Crippen LogP contribution in [0.25, 0.3) is 0 Å². The minimum atomic E-state index is -1.21. The number of benzene rings is 3. The average Bonchev–Trinajstić information content (AvgIpc) is 3.74. The van der Waals surface area contributed by atoms with E-state index in [0.29, 0.717) is 37.8 Å². The molecule has 0 spiro atoms. The van der Waals surface area contributed by atoms with Crippen LogP contribution in [-0.4, -0.2) is 76.7 Å². The van der Waals surface area contributed by atoms with E-state index in [4.69, 9.17) is 4.74 Å². The van der Waals surface area contributed by atoms with Gasteiger partial charge in [-0.2, -0.15) is 5.26 Å². The zero-order chi connectivity index (χ0) is 38.1. The highest BCUT2D eigenvalue weighted by Gasteiger charge is 2.53. The molecule has 3 aromatic rings. The fourth-order valence-corrected chi connectivity index (χ4v) is 7.66. The van der Waals surface area contributed by atoms with Crippen molar-refractivity contribution in [3.63, 3.8) is 0 Å². The highest BCUT2D eigenvalue weighted by atomic mass is 19.1. The Hall–Kier alpha value is -4.70. The number of hydrogen-bond acceptors (Lipinski definition) is 7. The number of carbonyl (C=O) groups is 3. The second-order valence-electron chi connectivity index (χ2n) is 14.3. The third-order valence-electron chi connectivity index (χ3n) is 10.7. The van der Waals surface area contributed by atoms with Crippen LogP contribution in [0.15, 0.2) is 72.8 Å². The standard InChI is InChI=1S/C41H49F2N5O5/c1-4-26(2)41(47-27(3)49)15-16-48(40(41)52)37(14-13-28-9-6-5-7-10-28)39(51)46-36(20-31-18-32(42)21-33(43)19-31)38(50)35-22-34(24-45-35)53-25-30-12-8-11-29(17-30)23-44/h5-12,17-19,21,26,34-38,45,50H,4,13-16,20,22,24-25H2,1-3H3,(H,46,51)(H,47,49)/t26?,34-,35-,36+,37-,38-,41+/m1/s1. The zero-order valence-electron chi connectivity index (χ0n) is 30.5. The Morgan fingerprint density at radius 1 is 1.08 bits per heavy atom. The lowest BCUT2D eigenvalue weighted by molar-refractivity contribution is -0.144. The van der Waals surface area contributed by atoms with E-state index >= 15 is 0 Å². The number of carbonyl (C=O) groups excluding carboxylic acids is 3. The van der Waals surface area contributed by atoms with Crippen LogP contribution in [0.5, 0.6) is 0 Å². The summed E-state index contributed by atoms with van der Waals surface area (Å²) in [5.74, 6) is -2.94. The van der Waals surface area contributed by atoms with Crippen molar-refractivity contribution < 1.29 is 33.0 Å². The molecule has 53 heavy (non-hydrogen) atoms. The van der Waals surface area contributed by atoms with Gasteiger partial charge in [-0.05, 0) is 79.0 Å². The molecule has 2 aliphatic rings. The van der Waals surface area contributed by atoms with Crippen LogP contribution in [0, 0.1) is 28.9 Å². The number of nitriles is 1. The molecule has 2 heterocycles. The first-order chi connectivity index (χ1) is 25.4. The fraction of sp³-hybridized carbons (Fsp3) is 0.463. The summed E-state index contributed by atoms with van der Waals surface area (Å²) in [4.78, 5) is 42.7. The van der Waals surface area contributed by atoms with Crippen molar-refractivity contribution in [2.45, 2.75) is 102 Å². The molecule has 5 rings (SSSR count). The summed E-state index contributed by atoms with van der Waals surface area (Å²) in [5.41, 5.74) is 1.41. The molecule has 4 N–H and O–H groups in total. The second-order valence-corrected chi connectivity index (χ2v) is 14.3. The van der Waals surface area contributed by atoms with Gasteiger partial charge in [-0.1, -0.05) is 62.7 Å². The Bertz CT molecular complexity index is 1770. The van der Waals surface area contributed by atoms with Gasteiger partial charge >= 0.3 is 0 Å². The van der Waals surface area contributed by atoms with E-state index in [2.05, 4.69) is 22.0 Å². The van der Waals surface area contributed by atoms with Crippen molar-refractivity contribution in [3.05, 3.63) is 107 Å². The molecule has 12 heteroatoms. The van der Waals surface area contributed by atoms with E-state index < -0.39 is 47.3 Å². The predicted molar refractivity (Wildman–Crippen MR) is 195 cm³/mol. The first-order valence-electron chi connectivity index (χ1n) is 18.3. The molecule has 2 fully saturated rings. The summed E-state index contributed by atoms with van der Waals surface area (Å²) < 4.78 is 34.8. The molecule has 0 radical (unpaired) electrons. The van der Waals surface area contributed by atoms with E-state index in [9.17, 15) is 33.5 Å². The number of ether oxygens (including phenoxy) is 1. The molecule has 0 aromatic heterocycles. The van der Waals surface area contributed by atoms with E-state index in [-0.39, 0.29) is 55.4 Å². The molecule has 7 atom stereocenters. The molecule has 0 aliphatic carbocycles. The lowest BCUT2D eigenvalue weighted by Gasteiger charge is -2.36. The molecule has 2 aliphatic heterocycles. The van der Waals surface area contributed by atoms with E-state index in [1.807, 2.05) is 50.2 Å². The van der Waals surface area contributed by atoms with Gasteiger partial charge in [0.15, 0.2) is 0 Å². The number of nitrogens with one attached hydrogen (secondary N) is 3. The maximum atomic E-state index is 14.5. The quantitative estimate of drug-likeness (QED) is 0.172. The first-order valence-corrected chi connectivity index (χ1v) is 18.3. The van der Waals surface area contributed by atoms with Gasteiger partial charge in [0, 0.05) is 32.1 Å². The minimum Gasteiger partial charge on any atom is -0.389 e. The molecular weight excluding hydrogens is 680 g/mol. The van der Waals surface area contributed by atoms with E-state index in [0.717, 1.165) is 17.2 Å². The summed E-state index contributed by atoms with van der Waals surface area (Å²) in [6.07, 6.45) is 0.508. The normalized spacial score (nSPS) is 22.1.